The molecule has 0 radical (unpaired) electrons. The zero-order valence-corrected chi connectivity index (χ0v) is 15.1. The number of rotatable bonds is 7. The van der Waals surface area contributed by atoms with Crippen LogP contribution in [0, 0.1) is 6.92 Å². The molecular weight excluding hydrogens is 288 g/mol. The van der Waals surface area contributed by atoms with Crippen LogP contribution in [0.25, 0.3) is 0 Å². The quantitative estimate of drug-likeness (QED) is 0.742. The van der Waals surface area contributed by atoms with Crippen molar-refractivity contribution in [2.75, 3.05) is 14.2 Å². The maximum Gasteiger partial charge on any atom is 0.197 e. The van der Waals surface area contributed by atoms with Crippen LogP contribution >= 0.6 is 0 Å². The van der Waals surface area contributed by atoms with Crippen molar-refractivity contribution in [3.63, 3.8) is 0 Å². The first-order chi connectivity index (χ1) is 11.0. The van der Waals surface area contributed by atoms with Crippen LogP contribution < -0.4 is 4.74 Å². The van der Waals surface area contributed by atoms with Gasteiger partial charge in [-0.05, 0) is 38.1 Å². The van der Waals surface area contributed by atoms with Gasteiger partial charge in [-0.3, -0.25) is 4.90 Å². The fraction of sp³-hybridized carbons (Fsp3) is 0.526. The largest absolute Gasteiger partial charge is 0.497 e. The fourth-order valence-electron chi connectivity index (χ4n) is 2.83. The Morgan fingerprint density at radius 1 is 1.30 bits per heavy atom. The first-order valence-electron chi connectivity index (χ1n) is 8.26. The standard InChI is InChI=1S/C19H28N2O2/c1-7-17(15-9-8-10-16(11-15)22-6)21(5)12-18-14(4)20-19(23-18)13(2)3/h8-11,13,17H,7,12H2,1-6H3. The Kier molecular flexibility index (Phi) is 5.83. The molecule has 2 aromatic rings. The van der Waals surface area contributed by atoms with Crippen LogP contribution in [-0.2, 0) is 6.54 Å². The van der Waals surface area contributed by atoms with Crippen LogP contribution in [0.5, 0.6) is 5.75 Å². The molecule has 23 heavy (non-hydrogen) atoms. The summed E-state index contributed by atoms with van der Waals surface area (Å²) in [6.07, 6.45) is 1.02. The highest BCUT2D eigenvalue weighted by Crippen LogP contribution is 2.28. The summed E-state index contributed by atoms with van der Waals surface area (Å²) in [6.45, 7) is 9.17. The molecule has 0 aliphatic rings. The Morgan fingerprint density at radius 2 is 2.04 bits per heavy atom. The molecule has 1 heterocycles. The van der Waals surface area contributed by atoms with E-state index < -0.39 is 0 Å². The Morgan fingerprint density at radius 3 is 2.61 bits per heavy atom. The Bertz CT molecular complexity index is 634. The van der Waals surface area contributed by atoms with Gasteiger partial charge in [0.1, 0.15) is 11.5 Å². The van der Waals surface area contributed by atoms with Gasteiger partial charge >= 0.3 is 0 Å². The van der Waals surface area contributed by atoms with E-state index in [1.807, 2.05) is 19.1 Å². The molecule has 4 nitrogen and oxygen atoms in total. The molecule has 0 saturated carbocycles. The predicted molar refractivity (Wildman–Crippen MR) is 92.8 cm³/mol. The molecule has 4 heteroatoms. The van der Waals surface area contributed by atoms with Crippen LogP contribution in [0.15, 0.2) is 28.7 Å². The number of hydrogen-bond acceptors (Lipinski definition) is 4. The molecule has 0 saturated heterocycles. The van der Waals surface area contributed by atoms with E-state index >= 15 is 0 Å². The SMILES string of the molecule is CCC(c1cccc(OC)c1)N(C)Cc1oc(C(C)C)nc1C. The van der Waals surface area contributed by atoms with Gasteiger partial charge in [-0.1, -0.05) is 32.9 Å². The molecule has 0 aliphatic heterocycles. The van der Waals surface area contributed by atoms with E-state index in [4.69, 9.17) is 9.15 Å². The highest BCUT2D eigenvalue weighted by atomic mass is 16.5. The molecule has 0 aliphatic carbocycles. The molecule has 0 spiro atoms. The summed E-state index contributed by atoms with van der Waals surface area (Å²) in [5, 5.41) is 0. The summed E-state index contributed by atoms with van der Waals surface area (Å²) in [5.74, 6) is 2.98. The monoisotopic (exact) mass is 316 g/mol. The molecule has 126 valence electrons. The molecule has 0 fully saturated rings. The number of ether oxygens (including phenoxy) is 1. The number of aromatic nitrogens is 1. The summed E-state index contributed by atoms with van der Waals surface area (Å²) >= 11 is 0. The van der Waals surface area contributed by atoms with E-state index in [1.54, 1.807) is 7.11 Å². The van der Waals surface area contributed by atoms with Gasteiger partial charge in [0.2, 0.25) is 0 Å². The first kappa shape index (κ1) is 17.5. The molecule has 1 aromatic carbocycles. The first-order valence-corrected chi connectivity index (χ1v) is 8.26. The van der Waals surface area contributed by atoms with Crippen molar-refractivity contribution < 1.29 is 9.15 Å². The fourth-order valence-corrected chi connectivity index (χ4v) is 2.83. The lowest BCUT2D eigenvalue weighted by Crippen LogP contribution is -2.24. The highest BCUT2D eigenvalue weighted by Gasteiger charge is 2.20. The minimum Gasteiger partial charge on any atom is -0.497 e. The molecular formula is C19H28N2O2. The number of benzene rings is 1. The van der Waals surface area contributed by atoms with Crippen molar-refractivity contribution in [2.24, 2.45) is 0 Å². The summed E-state index contributed by atoms with van der Waals surface area (Å²) in [6, 6.07) is 8.60. The third kappa shape index (κ3) is 4.14. The zero-order valence-electron chi connectivity index (χ0n) is 15.1. The lowest BCUT2D eigenvalue weighted by atomic mass is 10.0. The van der Waals surface area contributed by atoms with Crippen LogP contribution in [-0.4, -0.2) is 24.0 Å². The Labute approximate surface area is 139 Å². The molecule has 0 bridgehead atoms. The highest BCUT2D eigenvalue weighted by molar-refractivity contribution is 5.30. The van der Waals surface area contributed by atoms with E-state index in [9.17, 15) is 0 Å². The van der Waals surface area contributed by atoms with Gasteiger partial charge in [0.25, 0.3) is 0 Å². The van der Waals surface area contributed by atoms with Gasteiger partial charge in [0, 0.05) is 12.0 Å². The zero-order chi connectivity index (χ0) is 17.0. The van der Waals surface area contributed by atoms with Crippen molar-refractivity contribution >= 4 is 0 Å². The molecule has 1 aromatic heterocycles. The van der Waals surface area contributed by atoms with E-state index in [0.717, 1.165) is 36.1 Å². The van der Waals surface area contributed by atoms with Crippen molar-refractivity contribution in [3.05, 3.63) is 47.2 Å². The van der Waals surface area contributed by atoms with Gasteiger partial charge in [0.05, 0.1) is 19.3 Å². The van der Waals surface area contributed by atoms with E-state index in [-0.39, 0.29) is 0 Å². The van der Waals surface area contributed by atoms with Crippen LogP contribution in [0.1, 0.15) is 62.1 Å². The second-order valence-electron chi connectivity index (χ2n) is 6.33. The Hall–Kier alpha value is -1.81. The van der Waals surface area contributed by atoms with E-state index in [2.05, 4.69) is 49.8 Å². The number of nitrogens with zero attached hydrogens (tertiary/aromatic N) is 2. The van der Waals surface area contributed by atoms with Crippen molar-refractivity contribution in [2.45, 2.75) is 52.6 Å². The van der Waals surface area contributed by atoms with Crippen LogP contribution in [0.4, 0.5) is 0 Å². The summed E-state index contributed by atoms with van der Waals surface area (Å²) < 4.78 is 11.3. The molecule has 0 amide bonds. The van der Waals surface area contributed by atoms with Gasteiger partial charge in [-0.2, -0.15) is 0 Å². The van der Waals surface area contributed by atoms with E-state index in [1.165, 1.54) is 5.56 Å². The second-order valence-corrected chi connectivity index (χ2v) is 6.33. The maximum absolute atomic E-state index is 5.94. The van der Waals surface area contributed by atoms with Gasteiger partial charge in [-0.15, -0.1) is 0 Å². The number of methoxy groups -OCH3 is 1. The van der Waals surface area contributed by atoms with Crippen molar-refractivity contribution in [1.82, 2.24) is 9.88 Å². The summed E-state index contributed by atoms with van der Waals surface area (Å²) in [5.41, 5.74) is 2.25. The second kappa shape index (κ2) is 7.64. The summed E-state index contributed by atoms with van der Waals surface area (Å²) in [7, 11) is 3.83. The third-order valence-corrected chi connectivity index (χ3v) is 4.19. The topological polar surface area (TPSA) is 38.5 Å². The normalized spacial score (nSPS) is 12.9. The number of hydrogen-bond donors (Lipinski definition) is 0. The minimum atomic E-state index is 0.313. The summed E-state index contributed by atoms with van der Waals surface area (Å²) in [4.78, 5) is 6.85. The number of oxazole rings is 1. The molecule has 2 rings (SSSR count). The Balaban J connectivity index is 2.18. The van der Waals surface area contributed by atoms with Gasteiger partial charge in [-0.25, -0.2) is 4.98 Å². The average molecular weight is 316 g/mol. The molecule has 0 N–H and O–H groups in total. The molecule has 1 unspecified atom stereocenters. The lowest BCUT2D eigenvalue weighted by molar-refractivity contribution is 0.209. The van der Waals surface area contributed by atoms with Crippen molar-refractivity contribution in [1.29, 1.82) is 0 Å². The predicted octanol–water partition coefficient (Wildman–Crippen LogP) is 4.70. The van der Waals surface area contributed by atoms with Crippen LogP contribution in [0.3, 0.4) is 0 Å². The van der Waals surface area contributed by atoms with E-state index in [0.29, 0.717) is 12.0 Å². The molecule has 1 atom stereocenters. The van der Waals surface area contributed by atoms with Crippen LogP contribution in [0.2, 0.25) is 0 Å². The average Bonchev–Trinajstić information content (AvgIpc) is 2.89. The number of aryl methyl sites for hydroxylation is 1. The lowest BCUT2D eigenvalue weighted by Gasteiger charge is -2.27. The minimum absolute atomic E-state index is 0.313. The third-order valence-electron chi connectivity index (χ3n) is 4.19. The van der Waals surface area contributed by atoms with Gasteiger partial charge in [0.15, 0.2) is 5.89 Å². The maximum atomic E-state index is 5.94. The van der Waals surface area contributed by atoms with Gasteiger partial charge < -0.3 is 9.15 Å². The van der Waals surface area contributed by atoms with Crippen molar-refractivity contribution in [3.8, 4) is 5.75 Å². The smallest absolute Gasteiger partial charge is 0.197 e.